The second kappa shape index (κ2) is 6.30. The Kier molecular flexibility index (Phi) is 4.45. The molecule has 0 saturated carbocycles. The average molecular weight is 303 g/mol. The summed E-state index contributed by atoms with van der Waals surface area (Å²) in [5, 5.41) is 23.8. The van der Waals surface area contributed by atoms with Crippen molar-refractivity contribution >= 4 is 11.9 Å². The molecule has 1 atom stereocenters. The number of carboxylic acids is 1. The Balaban J connectivity index is 2.34. The van der Waals surface area contributed by atoms with Crippen molar-refractivity contribution in [2.24, 2.45) is 0 Å². The Morgan fingerprint density at radius 3 is 2.73 bits per heavy atom. The lowest BCUT2D eigenvalue weighted by Gasteiger charge is -2.31. The molecule has 2 heterocycles. The lowest BCUT2D eigenvalue weighted by atomic mass is 9.89. The summed E-state index contributed by atoms with van der Waals surface area (Å²) < 4.78 is 0. The van der Waals surface area contributed by atoms with Crippen LogP contribution in [-0.2, 0) is 10.3 Å². The second-order valence-corrected chi connectivity index (χ2v) is 4.83. The monoisotopic (exact) mass is 303 g/mol. The van der Waals surface area contributed by atoms with E-state index in [1.807, 2.05) is 25.2 Å². The van der Waals surface area contributed by atoms with Crippen molar-refractivity contribution in [2.45, 2.75) is 18.9 Å². The summed E-state index contributed by atoms with van der Waals surface area (Å²) in [6.45, 7) is 1.43. The van der Waals surface area contributed by atoms with E-state index in [0.29, 0.717) is 12.1 Å². The minimum absolute atomic E-state index is 0.198. The van der Waals surface area contributed by atoms with Crippen molar-refractivity contribution in [1.82, 2.24) is 15.6 Å². The summed E-state index contributed by atoms with van der Waals surface area (Å²) in [5.41, 5.74) is -0.199. The van der Waals surface area contributed by atoms with E-state index in [4.69, 9.17) is 5.11 Å². The van der Waals surface area contributed by atoms with Crippen LogP contribution in [0.4, 0.5) is 0 Å². The van der Waals surface area contributed by atoms with Gasteiger partial charge in [0.25, 0.3) is 5.91 Å². The molecule has 4 N–H and O–H groups in total. The van der Waals surface area contributed by atoms with Crippen LogP contribution in [0.1, 0.15) is 29.5 Å². The first kappa shape index (κ1) is 15.6. The number of carboxylic acid groups (broad SMARTS) is 1. The molecule has 1 amide bonds. The van der Waals surface area contributed by atoms with E-state index in [1.54, 1.807) is 12.3 Å². The molecule has 0 fully saturated rings. The summed E-state index contributed by atoms with van der Waals surface area (Å²) in [6.07, 6.45) is 8.10. The largest absolute Gasteiger partial charge is 0.505 e. The smallest absolute Gasteiger partial charge is 0.322 e. The summed E-state index contributed by atoms with van der Waals surface area (Å²) in [5.74, 6) is -2.20. The molecular weight excluding hydrogens is 286 g/mol. The SMILES string of the molecule is CCC1(c2ccc(O)c(C(=O)NCC(=O)O)n2)C=CC=CN1. The molecule has 0 aliphatic carbocycles. The van der Waals surface area contributed by atoms with Crippen molar-refractivity contribution in [3.63, 3.8) is 0 Å². The van der Waals surface area contributed by atoms with Gasteiger partial charge in [0, 0.05) is 0 Å². The second-order valence-electron chi connectivity index (χ2n) is 4.83. The van der Waals surface area contributed by atoms with E-state index in [2.05, 4.69) is 15.6 Å². The lowest BCUT2D eigenvalue weighted by molar-refractivity contribution is -0.135. The first-order valence-electron chi connectivity index (χ1n) is 6.81. The maximum atomic E-state index is 11.9. The molecule has 1 unspecified atom stereocenters. The number of pyridine rings is 1. The zero-order valence-corrected chi connectivity index (χ0v) is 12.0. The van der Waals surface area contributed by atoms with E-state index in [0.717, 1.165) is 0 Å². The van der Waals surface area contributed by atoms with Crippen LogP contribution in [0.25, 0.3) is 0 Å². The van der Waals surface area contributed by atoms with Gasteiger partial charge in [0.2, 0.25) is 0 Å². The standard InChI is InChI=1S/C15H17N3O4/c1-2-15(7-3-4-8-17-15)11-6-5-10(19)13(18-11)14(22)16-9-12(20)21/h3-8,17,19H,2,9H2,1H3,(H,16,22)(H,20,21). The number of rotatable bonds is 5. The number of hydrogen-bond acceptors (Lipinski definition) is 5. The van der Waals surface area contributed by atoms with E-state index in [-0.39, 0.29) is 11.4 Å². The minimum Gasteiger partial charge on any atom is -0.505 e. The van der Waals surface area contributed by atoms with Crippen molar-refractivity contribution in [2.75, 3.05) is 6.54 Å². The quantitative estimate of drug-likeness (QED) is 0.642. The number of carbonyl (C=O) groups excluding carboxylic acids is 1. The predicted octanol–water partition coefficient (Wildman–Crippen LogP) is 0.880. The van der Waals surface area contributed by atoms with Gasteiger partial charge in [0.15, 0.2) is 5.69 Å². The van der Waals surface area contributed by atoms with Crippen LogP contribution < -0.4 is 10.6 Å². The number of aromatic nitrogens is 1. The predicted molar refractivity (Wildman–Crippen MR) is 79.3 cm³/mol. The zero-order chi connectivity index (χ0) is 16.2. The molecule has 0 radical (unpaired) electrons. The molecule has 22 heavy (non-hydrogen) atoms. The highest BCUT2D eigenvalue weighted by atomic mass is 16.4. The van der Waals surface area contributed by atoms with E-state index >= 15 is 0 Å². The number of amides is 1. The van der Waals surface area contributed by atoms with Crippen LogP contribution in [0.3, 0.4) is 0 Å². The summed E-state index contributed by atoms with van der Waals surface area (Å²) in [4.78, 5) is 26.7. The van der Waals surface area contributed by atoms with Gasteiger partial charge >= 0.3 is 5.97 Å². The molecule has 1 aliphatic rings. The van der Waals surface area contributed by atoms with Crippen LogP contribution in [0.15, 0.2) is 36.6 Å². The Labute approximate surface area is 127 Å². The fraction of sp³-hybridized carbons (Fsp3) is 0.267. The first-order chi connectivity index (χ1) is 10.5. The van der Waals surface area contributed by atoms with Crippen LogP contribution in [-0.4, -0.2) is 33.6 Å². The fourth-order valence-corrected chi connectivity index (χ4v) is 2.19. The summed E-state index contributed by atoms with van der Waals surface area (Å²) in [7, 11) is 0. The maximum absolute atomic E-state index is 11.9. The summed E-state index contributed by atoms with van der Waals surface area (Å²) in [6, 6.07) is 3.01. The maximum Gasteiger partial charge on any atom is 0.322 e. The Bertz CT molecular complexity index is 654. The number of allylic oxidation sites excluding steroid dienone is 2. The molecule has 2 rings (SSSR count). The average Bonchev–Trinajstić information content (AvgIpc) is 2.53. The number of dihydropyridines is 1. The van der Waals surface area contributed by atoms with Gasteiger partial charge < -0.3 is 20.8 Å². The highest BCUT2D eigenvalue weighted by Gasteiger charge is 2.30. The lowest BCUT2D eigenvalue weighted by Crippen LogP contribution is -2.39. The zero-order valence-electron chi connectivity index (χ0n) is 12.0. The number of hydrogen-bond donors (Lipinski definition) is 4. The topological polar surface area (TPSA) is 112 Å². The van der Waals surface area contributed by atoms with Gasteiger partial charge in [0.1, 0.15) is 12.3 Å². The van der Waals surface area contributed by atoms with Crippen LogP contribution >= 0.6 is 0 Å². The van der Waals surface area contributed by atoms with Gasteiger partial charge in [-0.1, -0.05) is 19.1 Å². The van der Waals surface area contributed by atoms with Crippen LogP contribution in [0.5, 0.6) is 5.75 Å². The molecular formula is C15H17N3O4. The van der Waals surface area contributed by atoms with Crippen molar-refractivity contribution < 1.29 is 19.8 Å². The molecule has 7 nitrogen and oxygen atoms in total. The van der Waals surface area contributed by atoms with E-state index in [9.17, 15) is 14.7 Å². The minimum atomic E-state index is -1.17. The molecule has 0 bridgehead atoms. The molecule has 1 aromatic heterocycles. The number of nitrogens with zero attached hydrogens (tertiary/aromatic N) is 1. The van der Waals surface area contributed by atoms with E-state index in [1.165, 1.54) is 6.07 Å². The summed E-state index contributed by atoms with van der Waals surface area (Å²) >= 11 is 0. The van der Waals surface area contributed by atoms with Gasteiger partial charge in [-0.25, -0.2) is 4.98 Å². The third-order valence-electron chi connectivity index (χ3n) is 3.43. The molecule has 1 aliphatic heterocycles. The highest BCUT2D eigenvalue weighted by Crippen LogP contribution is 2.29. The molecule has 0 spiro atoms. The normalized spacial score (nSPS) is 19.5. The van der Waals surface area contributed by atoms with E-state index < -0.39 is 24.0 Å². The van der Waals surface area contributed by atoms with Crippen LogP contribution in [0, 0.1) is 0 Å². The number of nitrogens with one attached hydrogen (secondary N) is 2. The van der Waals surface area contributed by atoms with Gasteiger partial charge in [0.05, 0.1) is 11.2 Å². The number of carbonyl (C=O) groups is 2. The molecule has 0 aromatic carbocycles. The van der Waals surface area contributed by atoms with Gasteiger partial charge in [-0.15, -0.1) is 0 Å². The Morgan fingerprint density at radius 2 is 2.14 bits per heavy atom. The van der Waals surface area contributed by atoms with Gasteiger partial charge in [-0.3, -0.25) is 9.59 Å². The fourth-order valence-electron chi connectivity index (χ4n) is 2.19. The first-order valence-corrected chi connectivity index (χ1v) is 6.81. The Morgan fingerprint density at radius 1 is 1.36 bits per heavy atom. The van der Waals surface area contributed by atoms with Gasteiger partial charge in [-0.05, 0) is 30.8 Å². The van der Waals surface area contributed by atoms with Crippen LogP contribution in [0.2, 0.25) is 0 Å². The molecule has 1 aromatic rings. The highest BCUT2D eigenvalue weighted by molar-refractivity contribution is 5.96. The van der Waals surface area contributed by atoms with Gasteiger partial charge in [-0.2, -0.15) is 0 Å². The third kappa shape index (κ3) is 3.08. The van der Waals surface area contributed by atoms with Crippen molar-refractivity contribution in [3.8, 4) is 5.75 Å². The Hall–Kier alpha value is -2.83. The molecule has 7 heteroatoms. The van der Waals surface area contributed by atoms with Crippen molar-refractivity contribution in [1.29, 1.82) is 0 Å². The number of aliphatic carboxylic acids is 1. The molecule has 0 saturated heterocycles. The number of aromatic hydroxyl groups is 1. The third-order valence-corrected chi connectivity index (χ3v) is 3.43. The van der Waals surface area contributed by atoms with Crippen molar-refractivity contribution in [3.05, 3.63) is 47.9 Å². The molecule has 116 valence electrons.